The summed E-state index contributed by atoms with van der Waals surface area (Å²) in [7, 11) is 1.82. The predicted molar refractivity (Wildman–Crippen MR) is 226 cm³/mol. The van der Waals surface area contributed by atoms with Crippen molar-refractivity contribution in [2.75, 3.05) is 72.4 Å². The number of nitrogens with one attached hydrogen (secondary N) is 2. The number of aromatic nitrogens is 3. The third-order valence-electron chi connectivity index (χ3n) is 12.8. The number of aliphatic hydroxyl groups is 1. The topological polar surface area (TPSA) is 177 Å². The van der Waals surface area contributed by atoms with Crippen molar-refractivity contribution in [2.45, 2.75) is 37.8 Å². The number of rotatable bonds is 9. The fraction of sp³-hybridized carbons (Fsp3) is 0.372. The highest BCUT2D eigenvalue weighted by atomic mass is 32.1. The van der Waals surface area contributed by atoms with Gasteiger partial charge in [0.1, 0.15) is 12.4 Å². The molecule has 3 N–H and O–H groups in total. The zero-order valence-electron chi connectivity index (χ0n) is 33.4. The van der Waals surface area contributed by atoms with E-state index in [9.17, 15) is 29.1 Å². The largest absolute Gasteiger partial charge is 0.389 e. The van der Waals surface area contributed by atoms with E-state index in [1.807, 2.05) is 54.4 Å². The molecule has 0 aliphatic carbocycles. The van der Waals surface area contributed by atoms with E-state index in [2.05, 4.69) is 30.5 Å². The van der Waals surface area contributed by atoms with Gasteiger partial charge >= 0.3 is 6.03 Å². The molecule has 0 atom stereocenters. The van der Waals surface area contributed by atoms with Crippen molar-refractivity contribution in [1.29, 1.82) is 0 Å². The van der Waals surface area contributed by atoms with E-state index in [1.165, 1.54) is 27.2 Å². The van der Waals surface area contributed by atoms with Gasteiger partial charge in [0.25, 0.3) is 5.91 Å². The number of likely N-dealkylation sites (tertiary alicyclic amines) is 1. The number of halogens is 1. The number of hydrogen-bond acceptors (Lipinski definition) is 11. The van der Waals surface area contributed by atoms with Crippen molar-refractivity contribution in [2.24, 2.45) is 12.5 Å². The summed E-state index contributed by atoms with van der Waals surface area (Å²) < 4.78 is 17.0. The quantitative estimate of drug-likeness (QED) is 0.197. The minimum absolute atomic E-state index is 0.0202. The summed E-state index contributed by atoms with van der Waals surface area (Å²) in [5.74, 6) is -1.09. The number of aryl methyl sites for hydroxylation is 1. The number of piperidine rings is 1. The third kappa shape index (κ3) is 7.12. The van der Waals surface area contributed by atoms with Crippen molar-refractivity contribution in [3.05, 3.63) is 83.1 Å². The molecule has 0 unspecified atom stereocenters. The van der Waals surface area contributed by atoms with Crippen LogP contribution in [0.5, 0.6) is 0 Å². The Hall–Kier alpha value is -6.40. The van der Waals surface area contributed by atoms with Crippen molar-refractivity contribution in [3.8, 4) is 11.1 Å². The maximum absolute atomic E-state index is 15.3. The maximum Gasteiger partial charge on any atom is 0.329 e. The lowest BCUT2D eigenvalue weighted by atomic mass is 9.72. The Morgan fingerprint density at radius 1 is 0.934 bits per heavy atom. The van der Waals surface area contributed by atoms with Gasteiger partial charge in [-0.15, -0.1) is 11.3 Å². The molecule has 5 aliphatic rings. The van der Waals surface area contributed by atoms with Crippen LogP contribution in [0.3, 0.4) is 0 Å². The normalized spacial score (nSPS) is 19.3. The maximum atomic E-state index is 15.3. The third-order valence-corrected chi connectivity index (χ3v) is 13.5. The lowest BCUT2D eigenvalue weighted by Crippen LogP contribution is -2.73. The van der Waals surface area contributed by atoms with Crippen LogP contribution in [-0.2, 0) is 28.0 Å². The summed E-state index contributed by atoms with van der Waals surface area (Å²) in [5, 5.41) is 24.1. The number of imide groups is 1. The summed E-state index contributed by atoms with van der Waals surface area (Å²) >= 11 is 1.27. The number of carbonyl (C=O) groups is 5. The van der Waals surface area contributed by atoms with Crippen molar-refractivity contribution in [3.63, 3.8) is 0 Å². The molecule has 4 saturated heterocycles. The number of thiazole rings is 1. The van der Waals surface area contributed by atoms with Crippen molar-refractivity contribution in [1.82, 2.24) is 29.9 Å². The fourth-order valence-corrected chi connectivity index (χ4v) is 9.97. The first-order valence-corrected chi connectivity index (χ1v) is 21.2. The summed E-state index contributed by atoms with van der Waals surface area (Å²) in [5.41, 5.74) is 3.66. The zero-order valence-corrected chi connectivity index (χ0v) is 34.2. The molecule has 0 radical (unpaired) electrons. The number of anilines is 4. The smallest absolute Gasteiger partial charge is 0.329 e. The number of amides is 6. The molecule has 5 aliphatic heterocycles. The van der Waals surface area contributed by atoms with E-state index >= 15 is 4.39 Å². The molecule has 2 aromatic heterocycles. The Morgan fingerprint density at radius 3 is 2.41 bits per heavy atom. The second-order valence-electron chi connectivity index (χ2n) is 17.0. The van der Waals surface area contributed by atoms with Gasteiger partial charge in [0, 0.05) is 104 Å². The predicted octanol–water partition coefficient (Wildman–Crippen LogP) is 3.95. The Labute approximate surface area is 353 Å². The Bertz CT molecular complexity index is 2610. The van der Waals surface area contributed by atoms with Gasteiger partial charge in [0.15, 0.2) is 10.9 Å². The highest BCUT2D eigenvalue weighted by Gasteiger charge is 2.54. The molecule has 0 saturated carbocycles. The first-order chi connectivity index (χ1) is 29.3. The van der Waals surface area contributed by atoms with Crippen LogP contribution in [0.1, 0.15) is 41.6 Å². The highest BCUT2D eigenvalue weighted by Crippen LogP contribution is 2.43. The summed E-state index contributed by atoms with van der Waals surface area (Å²) in [6.45, 7) is 4.16. The number of benzene rings is 3. The monoisotopic (exact) mass is 846 g/mol. The summed E-state index contributed by atoms with van der Waals surface area (Å²) in [6, 6.07) is 16.4. The van der Waals surface area contributed by atoms with Crippen molar-refractivity contribution < 1.29 is 33.5 Å². The van der Waals surface area contributed by atoms with Crippen LogP contribution in [0.4, 0.5) is 31.5 Å². The molecule has 4 fully saturated rings. The number of fused-ring (bicyclic) bond motifs is 2. The highest BCUT2D eigenvalue weighted by molar-refractivity contribution is 7.13. The lowest BCUT2D eigenvalue weighted by Gasteiger charge is -2.61. The van der Waals surface area contributed by atoms with E-state index < -0.39 is 23.4 Å². The van der Waals surface area contributed by atoms with Gasteiger partial charge < -0.3 is 30.0 Å². The van der Waals surface area contributed by atoms with E-state index in [1.54, 1.807) is 22.3 Å². The molecule has 61 heavy (non-hydrogen) atoms. The molecular formula is C43H43FN10O6S. The van der Waals surface area contributed by atoms with Crippen LogP contribution in [0.15, 0.2) is 66.2 Å². The van der Waals surface area contributed by atoms with Crippen LogP contribution in [0.2, 0.25) is 0 Å². The molecule has 5 aromatic rings. The van der Waals surface area contributed by atoms with Crippen LogP contribution in [-0.4, -0.2) is 117 Å². The molecule has 6 amide bonds. The summed E-state index contributed by atoms with van der Waals surface area (Å²) in [4.78, 5) is 76.4. The molecule has 314 valence electrons. The number of nitrogens with zero attached hydrogens (tertiary/aromatic N) is 8. The molecule has 16 nitrogen and oxygen atoms in total. The van der Waals surface area contributed by atoms with Crippen molar-refractivity contribution >= 4 is 74.2 Å². The molecule has 0 bridgehead atoms. The zero-order chi connectivity index (χ0) is 42.2. The van der Waals surface area contributed by atoms with E-state index in [-0.39, 0.29) is 66.7 Å². The average molecular weight is 847 g/mol. The first-order valence-electron chi connectivity index (χ1n) is 20.3. The molecule has 10 rings (SSSR count). The van der Waals surface area contributed by atoms with E-state index in [0.717, 1.165) is 40.9 Å². The molecular weight excluding hydrogens is 804 g/mol. The molecule has 3 aromatic carbocycles. The van der Waals surface area contributed by atoms with Crippen LogP contribution < -0.4 is 25.3 Å². The van der Waals surface area contributed by atoms with Crippen LogP contribution in [0, 0.1) is 11.2 Å². The van der Waals surface area contributed by atoms with Gasteiger partial charge in [-0.25, -0.2) is 14.2 Å². The van der Waals surface area contributed by atoms with E-state index in [4.69, 9.17) is 0 Å². The Kier molecular flexibility index (Phi) is 9.32. The number of carbonyl (C=O) groups excluding carboxylic acids is 5. The Balaban J connectivity index is 0.697. The SMILES string of the molecule is Cn1nc(N2CCC(=O)NC2=O)c2ccc(N3CCC(O)(CC(=O)N4CC5(C4)CN(c4ccc(-c6cc(F)c7c(c6)C(=O)N(CC(=O)Nc6nccs6)C7)cc4)C5)CC3)cc21. The molecule has 1 spiro atoms. The van der Waals surface area contributed by atoms with E-state index in [0.29, 0.717) is 55.5 Å². The van der Waals surface area contributed by atoms with Gasteiger partial charge in [-0.1, -0.05) is 12.1 Å². The molecule has 18 heteroatoms. The molecule has 7 heterocycles. The second-order valence-corrected chi connectivity index (χ2v) is 17.9. The van der Waals surface area contributed by atoms with Crippen LogP contribution in [0.25, 0.3) is 22.0 Å². The lowest BCUT2D eigenvalue weighted by molar-refractivity contribution is -0.151. The minimum Gasteiger partial charge on any atom is -0.389 e. The Morgan fingerprint density at radius 2 is 1.69 bits per heavy atom. The second kappa shape index (κ2) is 14.7. The number of hydrogen-bond donors (Lipinski definition) is 3. The first kappa shape index (κ1) is 38.8. The average Bonchev–Trinajstić information content (AvgIpc) is 3.92. The van der Waals surface area contributed by atoms with Gasteiger partial charge in [0.2, 0.25) is 17.7 Å². The number of urea groups is 1. The van der Waals surface area contributed by atoms with Crippen LogP contribution >= 0.6 is 11.3 Å². The standard InChI is InChI=1S/C43H43FN10O6S/c1-49-34-18-29(6-7-30(34)38(48-49)54-12-8-35(55)47-41(54)59)50-13-9-43(60,10-14-50)19-37(57)53-24-42(25-53)22-52(23-42)28-4-2-26(3-5-28)27-16-31-32(33(44)17-27)20-51(39(31)58)21-36(56)46-40-45-11-15-61-40/h2-7,11,15-18,60H,8-10,12-14,19-25H2,1H3,(H,45,46,56)(H,47,55,59). The van der Waals surface area contributed by atoms with Gasteiger partial charge in [-0.05, 0) is 66.4 Å². The fourth-order valence-electron chi connectivity index (χ4n) is 9.42. The van der Waals surface area contributed by atoms with Gasteiger partial charge in [0.05, 0.1) is 24.1 Å². The van der Waals surface area contributed by atoms with Gasteiger partial charge in [-0.3, -0.25) is 34.1 Å². The minimum atomic E-state index is -1.08. The van der Waals surface area contributed by atoms with Gasteiger partial charge in [-0.2, -0.15) is 5.10 Å². The summed E-state index contributed by atoms with van der Waals surface area (Å²) in [6.07, 6.45) is 2.79.